The largest absolute Gasteiger partial charge is 0.385 e. The van der Waals surface area contributed by atoms with Gasteiger partial charge in [-0.1, -0.05) is 18.2 Å². The van der Waals surface area contributed by atoms with Crippen molar-refractivity contribution in [1.29, 1.82) is 0 Å². The van der Waals surface area contributed by atoms with Gasteiger partial charge in [0.2, 0.25) is 5.91 Å². The number of fused-ring (bicyclic) bond motifs is 2. The first-order valence-electron chi connectivity index (χ1n) is 9.97. The van der Waals surface area contributed by atoms with Gasteiger partial charge < -0.3 is 14.5 Å². The Bertz CT molecular complexity index is 941. The molecule has 2 aliphatic heterocycles. The predicted octanol–water partition coefficient (Wildman–Crippen LogP) is 2.26. The van der Waals surface area contributed by atoms with Gasteiger partial charge in [0.05, 0.1) is 22.4 Å². The normalized spacial score (nSPS) is 20.6. The fourth-order valence-corrected chi connectivity index (χ4v) is 4.62. The van der Waals surface area contributed by atoms with E-state index >= 15 is 0 Å². The van der Waals surface area contributed by atoms with Crippen molar-refractivity contribution in [1.82, 2.24) is 14.9 Å². The third kappa shape index (κ3) is 3.09. The van der Waals surface area contributed by atoms with E-state index in [-0.39, 0.29) is 11.8 Å². The summed E-state index contributed by atoms with van der Waals surface area (Å²) in [7, 11) is 1.67. The van der Waals surface area contributed by atoms with E-state index in [0.717, 1.165) is 17.7 Å². The number of ether oxygens (including phenoxy) is 1. The Morgan fingerprint density at radius 2 is 1.93 bits per heavy atom. The van der Waals surface area contributed by atoms with Crippen LogP contribution in [0.15, 0.2) is 30.6 Å². The van der Waals surface area contributed by atoms with Crippen molar-refractivity contribution in [2.75, 3.05) is 38.3 Å². The summed E-state index contributed by atoms with van der Waals surface area (Å²) >= 11 is 0. The summed E-state index contributed by atoms with van der Waals surface area (Å²) in [6.07, 6.45) is 2.87. The Labute approximate surface area is 170 Å². The van der Waals surface area contributed by atoms with E-state index in [1.165, 1.54) is 6.33 Å². The maximum atomic E-state index is 13.5. The van der Waals surface area contributed by atoms with E-state index in [0.29, 0.717) is 49.6 Å². The molecule has 0 radical (unpaired) electrons. The second kappa shape index (κ2) is 7.55. The highest BCUT2D eigenvalue weighted by atomic mass is 16.5. The first-order valence-corrected chi connectivity index (χ1v) is 9.97. The molecule has 2 aromatic rings. The maximum absolute atomic E-state index is 13.5. The molecule has 1 spiro atoms. The molecule has 1 saturated heterocycles. The first-order chi connectivity index (χ1) is 14.0. The highest BCUT2D eigenvalue weighted by Gasteiger charge is 2.55. The molecule has 1 unspecified atom stereocenters. The molecule has 3 heterocycles. The quantitative estimate of drug-likeness (QED) is 0.727. The van der Waals surface area contributed by atoms with Crippen molar-refractivity contribution in [2.24, 2.45) is 0 Å². The van der Waals surface area contributed by atoms with E-state index in [1.54, 1.807) is 12.0 Å². The van der Waals surface area contributed by atoms with Crippen LogP contribution in [0.25, 0.3) is 0 Å². The molecule has 7 nitrogen and oxygen atoms in total. The Morgan fingerprint density at radius 1 is 1.21 bits per heavy atom. The number of hydrogen-bond donors (Lipinski definition) is 0. The number of aromatic nitrogens is 2. The van der Waals surface area contributed by atoms with Crippen LogP contribution in [-0.4, -0.2) is 60.0 Å². The molecule has 1 fully saturated rings. The van der Waals surface area contributed by atoms with Crippen molar-refractivity contribution in [3.63, 3.8) is 0 Å². The standard InChI is InChI=1S/C22H26N4O3/c1-15-19(16(2)24-14-23-15)20(27)25-11-9-22(13-25)17-7-4-5-8-18(17)26(21(22)28)10-6-12-29-3/h4-5,7-8,14H,6,9-13H2,1-3H3. The number of carbonyl (C=O) groups is 2. The van der Waals surface area contributed by atoms with Gasteiger partial charge in [0, 0.05) is 39.0 Å². The van der Waals surface area contributed by atoms with Crippen LogP contribution >= 0.6 is 0 Å². The zero-order chi connectivity index (χ0) is 20.6. The SMILES string of the molecule is COCCCN1C(=O)C2(CCN(C(=O)c3c(C)ncnc3C)C2)c2ccccc21. The van der Waals surface area contributed by atoms with Crippen LogP contribution in [0.5, 0.6) is 0 Å². The smallest absolute Gasteiger partial charge is 0.257 e. The van der Waals surface area contributed by atoms with Crippen LogP contribution in [0.3, 0.4) is 0 Å². The van der Waals surface area contributed by atoms with Crippen LogP contribution < -0.4 is 4.90 Å². The van der Waals surface area contributed by atoms with Crippen molar-refractivity contribution < 1.29 is 14.3 Å². The highest BCUT2D eigenvalue weighted by Crippen LogP contribution is 2.47. The number of nitrogens with zero attached hydrogens (tertiary/aromatic N) is 4. The summed E-state index contributed by atoms with van der Waals surface area (Å²) < 4.78 is 5.16. The molecule has 29 heavy (non-hydrogen) atoms. The number of carbonyl (C=O) groups excluding carboxylic acids is 2. The average Bonchev–Trinajstić information content (AvgIpc) is 3.25. The van der Waals surface area contributed by atoms with E-state index in [1.807, 2.05) is 43.0 Å². The number of benzene rings is 1. The number of aryl methyl sites for hydroxylation is 2. The summed E-state index contributed by atoms with van der Waals surface area (Å²) in [6.45, 7) is 5.79. The van der Waals surface area contributed by atoms with Gasteiger partial charge >= 0.3 is 0 Å². The highest BCUT2D eigenvalue weighted by molar-refractivity contribution is 6.09. The van der Waals surface area contributed by atoms with Gasteiger partial charge in [-0.2, -0.15) is 0 Å². The van der Waals surface area contributed by atoms with E-state index in [9.17, 15) is 9.59 Å². The van der Waals surface area contributed by atoms with Crippen LogP contribution in [0, 0.1) is 13.8 Å². The number of methoxy groups -OCH3 is 1. The number of hydrogen-bond acceptors (Lipinski definition) is 5. The van der Waals surface area contributed by atoms with Crippen molar-refractivity contribution in [2.45, 2.75) is 32.1 Å². The summed E-state index contributed by atoms with van der Waals surface area (Å²) in [5.41, 5.74) is 3.19. The lowest BCUT2D eigenvalue weighted by Gasteiger charge is -2.25. The Morgan fingerprint density at radius 3 is 2.66 bits per heavy atom. The predicted molar refractivity (Wildman–Crippen MR) is 109 cm³/mol. The summed E-state index contributed by atoms with van der Waals surface area (Å²) in [5.74, 6) is -0.0107. The minimum Gasteiger partial charge on any atom is -0.385 e. The van der Waals surface area contributed by atoms with E-state index in [2.05, 4.69) is 9.97 Å². The van der Waals surface area contributed by atoms with Crippen molar-refractivity contribution in [3.8, 4) is 0 Å². The number of likely N-dealkylation sites (tertiary alicyclic amines) is 1. The van der Waals surface area contributed by atoms with E-state index in [4.69, 9.17) is 4.74 Å². The minimum absolute atomic E-state index is 0.0860. The van der Waals surface area contributed by atoms with Gasteiger partial charge in [0.15, 0.2) is 0 Å². The molecule has 1 atom stereocenters. The molecule has 0 saturated carbocycles. The van der Waals surface area contributed by atoms with Crippen LogP contribution in [0.4, 0.5) is 5.69 Å². The molecule has 1 aromatic carbocycles. The Balaban J connectivity index is 1.64. The molecule has 152 valence electrons. The van der Waals surface area contributed by atoms with Gasteiger partial charge in [-0.15, -0.1) is 0 Å². The number of rotatable bonds is 5. The number of amides is 2. The van der Waals surface area contributed by atoms with Gasteiger partial charge in [-0.3, -0.25) is 9.59 Å². The molecule has 2 amide bonds. The number of anilines is 1. The Kier molecular flexibility index (Phi) is 5.08. The van der Waals surface area contributed by atoms with Crippen LogP contribution in [0.2, 0.25) is 0 Å². The topological polar surface area (TPSA) is 75.6 Å². The van der Waals surface area contributed by atoms with Crippen LogP contribution in [-0.2, 0) is 14.9 Å². The van der Waals surface area contributed by atoms with E-state index < -0.39 is 5.41 Å². The lowest BCUT2D eigenvalue weighted by atomic mass is 9.81. The lowest BCUT2D eigenvalue weighted by molar-refractivity contribution is -0.122. The molecule has 7 heteroatoms. The second-order valence-electron chi connectivity index (χ2n) is 7.80. The van der Waals surface area contributed by atoms with Gasteiger partial charge in [-0.25, -0.2) is 9.97 Å². The minimum atomic E-state index is -0.670. The molecule has 0 bridgehead atoms. The average molecular weight is 394 g/mol. The Hall–Kier alpha value is -2.80. The third-order valence-corrected chi connectivity index (χ3v) is 6.09. The molecular weight excluding hydrogens is 368 g/mol. The summed E-state index contributed by atoms with van der Waals surface area (Å²) in [4.78, 5) is 38.8. The van der Waals surface area contributed by atoms with Crippen molar-refractivity contribution in [3.05, 3.63) is 53.1 Å². The molecule has 4 rings (SSSR count). The molecule has 0 N–H and O–H groups in total. The molecule has 1 aromatic heterocycles. The van der Waals surface area contributed by atoms with Crippen LogP contribution in [0.1, 0.15) is 40.2 Å². The summed E-state index contributed by atoms with van der Waals surface area (Å²) in [6, 6.07) is 7.95. The molecule has 2 aliphatic rings. The molecule has 0 aliphatic carbocycles. The monoisotopic (exact) mass is 394 g/mol. The first kappa shape index (κ1) is 19.5. The van der Waals surface area contributed by atoms with Gasteiger partial charge in [-0.05, 0) is 38.3 Å². The zero-order valence-electron chi connectivity index (χ0n) is 17.1. The fourth-order valence-electron chi connectivity index (χ4n) is 4.62. The molecular formula is C22H26N4O3. The number of para-hydroxylation sites is 1. The van der Waals surface area contributed by atoms with Gasteiger partial charge in [0.25, 0.3) is 5.91 Å². The lowest BCUT2D eigenvalue weighted by Crippen LogP contribution is -2.43. The maximum Gasteiger partial charge on any atom is 0.257 e. The third-order valence-electron chi connectivity index (χ3n) is 6.09. The zero-order valence-corrected chi connectivity index (χ0v) is 17.1. The second-order valence-corrected chi connectivity index (χ2v) is 7.80. The van der Waals surface area contributed by atoms with Crippen molar-refractivity contribution >= 4 is 17.5 Å². The van der Waals surface area contributed by atoms with Gasteiger partial charge in [0.1, 0.15) is 6.33 Å². The summed E-state index contributed by atoms with van der Waals surface area (Å²) in [5, 5.41) is 0. The fraction of sp³-hybridized carbons (Fsp3) is 0.455.